The zero-order chi connectivity index (χ0) is 19.2. The second-order valence-electron chi connectivity index (χ2n) is 7.26. The molecule has 7 nitrogen and oxygen atoms in total. The van der Waals surface area contributed by atoms with Crippen LogP contribution in [0, 0.1) is 5.92 Å². The molecular formula is C19H28N4O3S. The molecule has 3 rings (SSSR count). The molecule has 27 heavy (non-hydrogen) atoms. The molecule has 0 atom stereocenters. The van der Waals surface area contributed by atoms with E-state index in [-0.39, 0.29) is 29.8 Å². The topological polar surface area (TPSA) is 81.8 Å². The van der Waals surface area contributed by atoms with Gasteiger partial charge >= 0.3 is 6.03 Å². The van der Waals surface area contributed by atoms with Crippen molar-refractivity contribution < 1.29 is 14.4 Å². The monoisotopic (exact) mass is 392 g/mol. The lowest BCUT2D eigenvalue weighted by molar-refractivity contribution is -0.125. The van der Waals surface area contributed by atoms with E-state index in [1.54, 1.807) is 7.05 Å². The molecule has 2 heterocycles. The molecule has 1 saturated heterocycles. The highest BCUT2D eigenvalue weighted by molar-refractivity contribution is 7.08. The third-order valence-electron chi connectivity index (χ3n) is 5.51. The molecule has 0 aromatic carbocycles. The summed E-state index contributed by atoms with van der Waals surface area (Å²) in [6, 6.07) is 1.92. The summed E-state index contributed by atoms with van der Waals surface area (Å²) < 4.78 is 0. The summed E-state index contributed by atoms with van der Waals surface area (Å²) in [5, 5.41) is 9.60. The van der Waals surface area contributed by atoms with Crippen molar-refractivity contribution in [3.63, 3.8) is 0 Å². The van der Waals surface area contributed by atoms with E-state index in [1.807, 2.05) is 26.6 Å². The highest BCUT2D eigenvalue weighted by Gasteiger charge is 2.28. The highest BCUT2D eigenvalue weighted by atomic mass is 32.1. The average Bonchev–Trinajstić information content (AvgIpc) is 3.11. The van der Waals surface area contributed by atoms with Crippen molar-refractivity contribution in [2.24, 2.45) is 5.92 Å². The first-order chi connectivity index (χ1) is 13.1. The van der Waals surface area contributed by atoms with Gasteiger partial charge in [0.25, 0.3) is 5.91 Å². The molecule has 4 amide bonds. The van der Waals surface area contributed by atoms with Crippen LogP contribution < -0.4 is 10.6 Å². The molecule has 1 saturated carbocycles. The van der Waals surface area contributed by atoms with E-state index < -0.39 is 0 Å². The second kappa shape index (κ2) is 9.21. The van der Waals surface area contributed by atoms with Gasteiger partial charge in [-0.05, 0) is 43.6 Å². The van der Waals surface area contributed by atoms with Crippen molar-refractivity contribution in [1.82, 2.24) is 20.4 Å². The molecule has 1 aromatic rings. The van der Waals surface area contributed by atoms with Crippen molar-refractivity contribution >= 4 is 29.2 Å². The minimum Gasteiger partial charge on any atom is -0.359 e. The maximum atomic E-state index is 12.6. The first-order valence-corrected chi connectivity index (χ1v) is 10.6. The van der Waals surface area contributed by atoms with Gasteiger partial charge in [0.2, 0.25) is 5.91 Å². The number of carbonyl (C=O) groups excluding carboxylic acids is 3. The van der Waals surface area contributed by atoms with Gasteiger partial charge in [0.05, 0.1) is 5.56 Å². The average molecular weight is 393 g/mol. The van der Waals surface area contributed by atoms with Crippen LogP contribution in [0.2, 0.25) is 0 Å². The molecule has 148 valence electrons. The summed E-state index contributed by atoms with van der Waals surface area (Å²) in [6.45, 7) is 2.45. The Morgan fingerprint density at radius 3 is 2.41 bits per heavy atom. The van der Waals surface area contributed by atoms with Crippen LogP contribution in [0.1, 0.15) is 42.5 Å². The lowest BCUT2D eigenvalue weighted by Gasteiger charge is -2.30. The predicted molar refractivity (Wildman–Crippen MR) is 105 cm³/mol. The molecule has 1 aromatic heterocycles. The number of hydrogen-bond donors (Lipinski definition) is 2. The molecule has 2 aliphatic rings. The van der Waals surface area contributed by atoms with Crippen LogP contribution in [-0.2, 0) is 4.79 Å². The SMILES string of the molecule is CNC(=O)C1CCC(NC(=O)N2CCCN(C(=O)c3ccsc3)CC2)CC1. The largest absolute Gasteiger partial charge is 0.359 e. The number of nitrogens with one attached hydrogen (secondary N) is 2. The molecule has 0 bridgehead atoms. The lowest BCUT2D eigenvalue weighted by atomic mass is 9.85. The standard InChI is InChI=1S/C19H28N4O3S/c1-20-17(24)14-3-5-16(6-4-14)21-19(26)23-9-2-8-22(10-11-23)18(25)15-7-12-27-13-15/h7,12-14,16H,2-6,8-11H2,1H3,(H,20,24)(H,21,26). The van der Waals surface area contributed by atoms with Gasteiger partial charge in [-0.25, -0.2) is 4.79 Å². The van der Waals surface area contributed by atoms with Crippen LogP contribution in [-0.4, -0.2) is 66.9 Å². The summed E-state index contributed by atoms with van der Waals surface area (Å²) in [6.07, 6.45) is 4.08. The van der Waals surface area contributed by atoms with E-state index >= 15 is 0 Å². The maximum Gasteiger partial charge on any atom is 0.317 e. The minimum absolute atomic E-state index is 0.0473. The number of urea groups is 1. The molecule has 2 fully saturated rings. The minimum atomic E-state index is -0.0526. The Labute approximate surface area is 164 Å². The van der Waals surface area contributed by atoms with Gasteiger partial charge in [-0.15, -0.1) is 0 Å². The normalized spacial score (nSPS) is 23.4. The van der Waals surface area contributed by atoms with E-state index in [1.165, 1.54) is 11.3 Å². The van der Waals surface area contributed by atoms with Gasteiger partial charge in [-0.1, -0.05) is 0 Å². The molecule has 1 aliphatic carbocycles. The Hall–Kier alpha value is -2.09. The van der Waals surface area contributed by atoms with Crippen molar-refractivity contribution in [3.8, 4) is 0 Å². The number of nitrogens with zero attached hydrogens (tertiary/aromatic N) is 2. The van der Waals surface area contributed by atoms with E-state index in [0.29, 0.717) is 26.2 Å². The molecule has 1 aliphatic heterocycles. The van der Waals surface area contributed by atoms with Gasteiger partial charge in [-0.2, -0.15) is 11.3 Å². The summed E-state index contributed by atoms with van der Waals surface area (Å²) in [5.41, 5.74) is 0.728. The van der Waals surface area contributed by atoms with Crippen LogP contribution in [0.25, 0.3) is 0 Å². The first-order valence-electron chi connectivity index (χ1n) is 9.67. The Balaban J connectivity index is 1.46. The van der Waals surface area contributed by atoms with Gasteiger partial charge in [0, 0.05) is 50.6 Å². The molecule has 0 radical (unpaired) electrons. The van der Waals surface area contributed by atoms with E-state index in [2.05, 4.69) is 10.6 Å². The van der Waals surface area contributed by atoms with Crippen LogP contribution >= 0.6 is 11.3 Å². The third kappa shape index (κ3) is 5.00. The highest BCUT2D eigenvalue weighted by Crippen LogP contribution is 2.24. The zero-order valence-electron chi connectivity index (χ0n) is 15.8. The fraction of sp³-hybridized carbons (Fsp3) is 0.632. The second-order valence-corrected chi connectivity index (χ2v) is 8.04. The van der Waals surface area contributed by atoms with E-state index in [0.717, 1.165) is 37.7 Å². The number of thiophene rings is 1. The molecular weight excluding hydrogens is 364 g/mol. The summed E-state index contributed by atoms with van der Waals surface area (Å²) in [4.78, 5) is 40.5. The first kappa shape index (κ1) is 19.7. The summed E-state index contributed by atoms with van der Waals surface area (Å²) >= 11 is 1.52. The molecule has 0 spiro atoms. The molecule has 2 N–H and O–H groups in total. The maximum absolute atomic E-state index is 12.6. The van der Waals surface area contributed by atoms with Crippen molar-refractivity contribution in [3.05, 3.63) is 22.4 Å². The fourth-order valence-electron chi connectivity index (χ4n) is 3.86. The zero-order valence-corrected chi connectivity index (χ0v) is 16.6. The molecule has 0 unspecified atom stereocenters. The van der Waals surface area contributed by atoms with Gasteiger partial charge in [0.1, 0.15) is 0 Å². The van der Waals surface area contributed by atoms with E-state index in [4.69, 9.17) is 0 Å². The number of amides is 4. The van der Waals surface area contributed by atoms with Crippen LogP contribution in [0.15, 0.2) is 16.8 Å². The van der Waals surface area contributed by atoms with Gasteiger partial charge in [-0.3, -0.25) is 9.59 Å². The fourth-order valence-corrected chi connectivity index (χ4v) is 4.49. The third-order valence-corrected chi connectivity index (χ3v) is 6.19. The Kier molecular flexibility index (Phi) is 6.71. The van der Waals surface area contributed by atoms with Crippen molar-refractivity contribution in [1.29, 1.82) is 0 Å². The van der Waals surface area contributed by atoms with Crippen LogP contribution in [0.4, 0.5) is 4.79 Å². The van der Waals surface area contributed by atoms with Gasteiger partial charge < -0.3 is 20.4 Å². The van der Waals surface area contributed by atoms with Crippen LogP contribution in [0.5, 0.6) is 0 Å². The lowest BCUT2D eigenvalue weighted by Crippen LogP contribution is -2.48. The predicted octanol–water partition coefficient (Wildman–Crippen LogP) is 1.91. The number of carbonyl (C=O) groups is 3. The summed E-state index contributed by atoms with van der Waals surface area (Å²) in [5.74, 6) is 0.215. The van der Waals surface area contributed by atoms with Crippen molar-refractivity contribution in [2.75, 3.05) is 33.2 Å². The van der Waals surface area contributed by atoms with Crippen LogP contribution in [0.3, 0.4) is 0 Å². The quantitative estimate of drug-likeness (QED) is 0.824. The number of rotatable bonds is 3. The Bertz CT molecular complexity index is 656. The molecule has 8 heteroatoms. The van der Waals surface area contributed by atoms with E-state index in [9.17, 15) is 14.4 Å². The van der Waals surface area contributed by atoms with Crippen molar-refractivity contribution in [2.45, 2.75) is 38.1 Å². The van der Waals surface area contributed by atoms with Gasteiger partial charge in [0.15, 0.2) is 0 Å². The summed E-state index contributed by atoms with van der Waals surface area (Å²) in [7, 11) is 1.67. The smallest absolute Gasteiger partial charge is 0.317 e. The Morgan fingerprint density at radius 2 is 1.74 bits per heavy atom. The number of hydrogen-bond acceptors (Lipinski definition) is 4. The Morgan fingerprint density at radius 1 is 1.04 bits per heavy atom.